The van der Waals surface area contributed by atoms with Crippen molar-refractivity contribution >= 4 is 46.3 Å². The fraction of sp³-hybridized carbons (Fsp3) is 0.125. The van der Waals surface area contributed by atoms with Crippen molar-refractivity contribution in [2.24, 2.45) is 0 Å². The van der Waals surface area contributed by atoms with Crippen LogP contribution in [0.15, 0.2) is 71.5 Å². The number of rotatable bonds is 6. The summed E-state index contributed by atoms with van der Waals surface area (Å²) >= 11 is 11.5. The summed E-state index contributed by atoms with van der Waals surface area (Å²) < 4.78 is 6.98. The Morgan fingerprint density at radius 1 is 1.12 bits per heavy atom. The molecule has 6 nitrogen and oxygen atoms in total. The second-order valence-electron chi connectivity index (χ2n) is 7.19. The number of halogens is 1. The van der Waals surface area contributed by atoms with E-state index in [1.54, 1.807) is 41.0 Å². The van der Waals surface area contributed by atoms with Crippen LogP contribution in [0.1, 0.15) is 15.9 Å². The minimum Gasteiger partial charge on any atom is -0.495 e. The zero-order valence-corrected chi connectivity index (χ0v) is 18.8. The Hall–Kier alpha value is -3.42. The van der Waals surface area contributed by atoms with Gasteiger partial charge < -0.3 is 15.0 Å². The number of amides is 1. The first kappa shape index (κ1) is 21.8. The number of hydrogen-bond acceptors (Lipinski definition) is 4. The number of aromatic nitrogens is 2. The van der Waals surface area contributed by atoms with Crippen molar-refractivity contribution in [2.45, 2.75) is 13.0 Å². The Morgan fingerprint density at radius 3 is 2.62 bits per heavy atom. The number of ether oxygens (including phenoxy) is 1. The Kier molecular flexibility index (Phi) is 6.39. The van der Waals surface area contributed by atoms with Gasteiger partial charge in [0.25, 0.3) is 11.5 Å². The molecule has 4 rings (SSSR count). The third kappa shape index (κ3) is 4.59. The maximum Gasteiger partial charge on any atom is 0.262 e. The number of nitrogens with zero attached hydrogens (tertiary/aromatic N) is 1. The highest BCUT2D eigenvalue weighted by molar-refractivity contribution is 7.71. The van der Waals surface area contributed by atoms with Gasteiger partial charge in [0.15, 0.2) is 4.77 Å². The van der Waals surface area contributed by atoms with E-state index in [0.717, 1.165) is 5.56 Å². The number of carbonyl (C=O) groups is 1. The lowest BCUT2D eigenvalue weighted by Crippen LogP contribution is -2.23. The normalized spacial score (nSPS) is 10.8. The van der Waals surface area contributed by atoms with Crippen LogP contribution >= 0.6 is 23.8 Å². The number of aryl methyl sites for hydroxylation is 1. The minimum atomic E-state index is -0.333. The van der Waals surface area contributed by atoms with Crippen LogP contribution in [0.2, 0.25) is 5.02 Å². The maximum atomic E-state index is 13.0. The summed E-state index contributed by atoms with van der Waals surface area (Å²) in [5.41, 5.74) is 2.37. The lowest BCUT2D eigenvalue weighted by atomic mass is 10.1. The minimum absolute atomic E-state index is 0.187. The van der Waals surface area contributed by atoms with Crippen LogP contribution in [-0.2, 0) is 13.0 Å². The average Bonchev–Trinajstić information content (AvgIpc) is 2.79. The van der Waals surface area contributed by atoms with Crippen LogP contribution < -0.4 is 15.6 Å². The largest absolute Gasteiger partial charge is 0.495 e. The average molecular weight is 466 g/mol. The Bertz CT molecular complexity index is 1410. The SMILES string of the molecule is COc1ccc(NC(=O)c2ccc3c(=O)n(CCc4ccccc4)c(=S)[nH]c3c2)cc1Cl. The number of benzene rings is 3. The first-order chi connectivity index (χ1) is 15.5. The number of methoxy groups -OCH3 is 1. The first-order valence-corrected chi connectivity index (χ1v) is 10.7. The summed E-state index contributed by atoms with van der Waals surface area (Å²) in [5.74, 6) is 0.187. The fourth-order valence-corrected chi connectivity index (χ4v) is 3.97. The van der Waals surface area contributed by atoms with E-state index in [1.807, 2.05) is 30.3 Å². The Morgan fingerprint density at radius 2 is 1.91 bits per heavy atom. The Balaban J connectivity index is 1.59. The summed E-state index contributed by atoms with van der Waals surface area (Å²) in [4.78, 5) is 28.8. The van der Waals surface area contributed by atoms with Gasteiger partial charge in [0, 0.05) is 17.8 Å². The zero-order valence-electron chi connectivity index (χ0n) is 17.2. The fourth-order valence-electron chi connectivity index (χ4n) is 3.43. The van der Waals surface area contributed by atoms with Gasteiger partial charge in [-0.1, -0.05) is 41.9 Å². The summed E-state index contributed by atoms with van der Waals surface area (Å²) in [6.45, 7) is 0.467. The molecule has 1 heterocycles. The molecule has 0 aliphatic carbocycles. The molecule has 0 spiro atoms. The van der Waals surface area contributed by atoms with Crippen molar-refractivity contribution in [3.05, 3.63) is 98.0 Å². The molecule has 0 fully saturated rings. The lowest BCUT2D eigenvalue weighted by Gasteiger charge is -2.10. The molecule has 0 aliphatic rings. The van der Waals surface area contributed by atoms with Crippen molar-refractivity contribution in [3.8, 4) is 5.75 Å². The molecule has 3 aromatic carbocycles. The van der Waals surface area contributed by atoms with Gasteiger partial charge in [-0.3, -0.25) is 14.2 Å². The van der Waals surface area contributed by atoms with Gasteiger partial charge in [-0.25, -0.2) is 0 Å². The summed E-state index contributed by atoms with van der Waals surface area (Å²) in [5, 5.41) is 3.65. The smallest absolute Gasteiger partial charge is 0.262 e. The van der Waals surface area contributed by atoms with E-state index >= 15 is 0 Å². The molecule has 0 atom stereocenters. The standard InChI is InChI=1S/C24H20ClN3O3S/c1-31-21-10-8-17(14-19(21)25)26-22(29)16-7-9-18-20(13-16)27-24(32)28(23(18)30)12-11-15-5-3-2-4-6-15/h2-10,13-14H,11-12H2,1H3,(H,26,29)(H,27,32). The van der Waals surface area contributed by atoms with Crippen LogP contribution in [0.4, 0.5) is 5.69 Å². The van der Waals surface area contributed by atoms with E-state index in [2.05, 4.69) is 10.3 Å². The van der Waals surface area contributed by atoms with Crippen LogP contribution in [0, 0.1) is 4.77 Å². The van der Waals surface area contributed by atoms with Crippen LogP contribution in [0.25, 0.3) is 10.9 Å². The van der Waals surface area contributed by atoms with E-state index in [4.69, 9.17) is 28.6 Å². The highest BCUT2D eigenvalue weighted by Crippen LogP contribution is 2.27. The molecule has 0 unspecified atom stereocenters. The number of fused-ring (bicyclic) bond motifs is 1. The van der Waals surface area contributed by atoms with E-state index in [9.17, 15) is 9.59 Å². The van der Waals surface area contributed by atoms with Crippen molar-refractivity contribution in [2.75, 3.05) is 12.4 Å². The Labute approximate surface area is 194 Å². The topological polar surface area (TPSA) is 76.1 Å². The molecule has 4 aromatic rings. The van der Waals surface area contributed by atoms with Gasteiger partial charge in [-0.2, -0.15) is 0 Å². The summed E-state index contributed by atoms with van der Waals surface area (Å²) in [6, 6.07) is 19.8. The molecular formula is C24H20ClN3O3S. The van der Waals surface area contributed by atoms with Gasteiger partial charge in [-0.05, 0) is 60.6 Å². The number of carbonyl (C=O) groups excluding carboxylic acids is 1. The van der Waals surface area contributed by atoms with Crippen LogP contribution in [0.5, 0.6) is 5.75 Å². The third-order valence-corrected chi connectivity index (χ3v) is 5.74. The first-order valence-electron chi connectivity index (χ1n) is 9.92. The van der Waals surface area contributed by atoms with Crippen molar-refractivity contribution in [1.82, 2.24) is 9.55 Å². The molecule has 32 heavy (non-hydrogen) atoms. The zero-order chi connectivity index (χ0) is 22.7. The van der Waals surface area contributed by atoms with E-state index < -0.39 is 0 Å². The molecule has 0 radical (unpaired) electrons. The van der Waals surface area contributed by atoms with E-state index in [0.29, 0.717) is 50.7 Å². The van der Waals surface area contributed by atoms with Crippen molar-refractivity contribution < 1.29 is 9.53 Å². The number of anilines is 1. The molecule has 0 aliphatic heterocycles. The predicted molar refractivity (Wildman–Crippen MR) is 129 cm³/mol. The van der Waals surface area contributed by atoms with E-state index in [1.165, 1.54) is 7.11 Å². The highest BCUT2D eigenvalue weighted by Gasteiger charge is 2.12. The van der Waals surface area contributed by atoms with Gasteiger partial charge in [0.05, 0.1) is 23.0 Å². The monoisotopic (exact) mass is 465 g/mol. The summed E-state index contributed by atoms with van der Waals surface area (Å²) in [6.07, 6.45) is 0.689. The van der Waals surface area contributed by atoms with Gasteiger partial charge in [0.2, 0.25) is 0 Å². The number of nitrogens with one attached hydrogen (secondary N) is 2. The molecule has 162 valence electrons. The second-order valence-corrected chi connectivity index (χ2v) is 7.98. The highest BCUT2D eigenvalue weighted by atomic mass is 35.5. The molecule has 8 heteroatoms. The molecule has 1 aromatic heterocycles. The molecule has 0 bridgehead atoms. The number of hydrogen-bond donors (Lipinski definition) is 2. The lowest BCUT2D eigenvalue weighted by molar-refractivity contribution is 0.102. The van der Waals surface area contributed by atoms with Gasteiger partial charge in [0.1, 0.15) is 5.75 Å². The van der Waals surface area contributed by atoms with Crippen molar-refractivity contribution in [3.63, 3.8) is 0 Å². The maximum absolute atomic E-state index is 13.0. The van der Waals surface area contributed by atoms with Crippen LogP contribution in [-0.4, -0.2) is 22.6 Å². The van der Waals surface area contributed by atoms with Crippen molar-refractivity contribution in [1.29, 1.82) is 0 Å². The quantitative estimate of drug-likeness (QED) is 0.383. The van der Waals surface area contributed by atoms with Gasteiger partial charge >= 0.3 is 0 Å². The predicted octanol–water partition coefficient (Wildman–Crippen LogP) is 5.22. The molecule has 0 saturated heterocycles. The van der Waals surface area contributed by atoms with Gasteiger partial charge in [-0.15, -0.1) is 0 Å². The molecule has 0 saturated carbocycles. The summed E-state index contributed by atoms with van der Waals surface area (Å²) in [7, 11) is 1.52. The van der Waals surface area contributed by atoms with E-state index in [-0.39, 0.29) is 11.5 Å². The number of aromatic amines is 1. The molecule has 2 N–H and O–H groups in total. The second kappa shape index (κ2) is 9.38. The third-order valence-electron chi connectivity index (χ3n) is 5.12. The molecular weight excluding hydrogens is 446 g/mol. The number of H-pyrrole nitrogens is 1. The molecule has 1 amide bonds. The van der Waals surface area contributed by atoms with Crippen LogP contribution in [0.3, 0.4) is 0 Å².